The minimum absolute atomic E-state index is 0.0450. The number of methoxy groups -OCH3 is 2. The van der Waals surface area contributed by atoms with E-state index in [1.807, 2.05) is 44.2 Å². The molecule has 0 aliphatic carbocycles. The monoisotopic (exact) mass is 311 g/mol. The Morgan fingerprint density at radius 2 is 1.74 bits per heavy atom. The van der Waals surface area contributed by atoms with Crippen molar-refractivity contribution in [2.24, 2.45) is 0 Å². The highest BCUT2D eigenvalue weighted by Crippen LogP contribution is 2.39. The van der Waals surface area contributed by atoms with Crippen LogP contribution in [0.1, 0.15) is 34.0 Å². The molecule has 0 saturated carbocycles. The van der Waals surface area contributed by atoms with Gasteiger partial charge in [0, 0.05) is 17.7 Å². The van der Waals surface area contributed by atoms with Gasteiger partial charge < -0.3 is 9.47 Å². The highest BCUT2D eigenvalue weighted by molar-refractivity contribution is 6.06. The van der Waals surface area contributed by atoms with Crippen LogP contribution < -0.4 is 14.8 Å². The molecule has 0 radical (unpaired) electrons. The van der Waals surface area contributed by atoms with Crippen molar-refractivity contribution in [2.75, 3.05) is 14.2 Å². The molecule has 0 fully saturated rings. The van der Waals surface area contributed by atoms with Crippen LogP contribution >= 0.6 is 0 Å². The first-order chi connectivity index (χ1) is 11.0. The zero-order valence-corrected chi connectivity index (χ0v) is 13.9. The number of nitrogens with one attached hydrogen (secondary N) is 1. The van der Waals surface area contributed by atoms with Gasteiger partial charge in [0.05, 0.1) is 14.2 Å². The van der Waals surface area contributed by atoms with E-state index in [0.29, 0.717) is 23.6 Å². The molecule has 3 rings (SSSR count). The number of benzene rings is 2. The second kappa shape index (κ2) is 5.70. The van der Waals surface area contributed by atoms with Crippen molar-refractivity contribution in [3.8, 4) is 11.5 Å². The van der Waals surface area contributed by atoms with E-state index >= 15 is 0 Å². The fourth-order valence-corrected chi connectivity index (χ4v) is 3.11. The van der Waals surface area contributed by atoms with Crippen LogP contribution in [-0.4, -0.2) is 20.0 Å². The number of fused-ring (bicyclic) bond motifs is 1. The topological polar surface area (TPSA) is 47.6 Å². The lowest BCUT2D eigenvalue weighted by atomic mass is 9.79. The zero-order valence-electron chi connectivity index (χ0n) is 13.9. The molecular formula is C19H21NO3. The van der Waals surface area contributed by atoms with E-state index in [1.165, 1.54) is 5.56 Å². The molecule has 2 aromatic rings. The van der Waals surface area contributed by atoms with E-state index in [4.69, 9.17) is 9.47 Å². The van der Waals surface area contributed by atoms with E-state index in [-0.39, 0.29) is 5.78 Å². The van der Waals surface area contributed by atoms with Gasteiger partial charge in [-0.2, -0.15) is 0 Å². The summed E-state index contributed by atoms with van der Waals surface area (Å²) < 4.78 is 10.8. The van der Waals surface area contributed by atoms with Crippen LogP contribution in [0.4, 0.5) is 0 Å². The van der Waals surface area contributed by atoms with Crippen molar-refractivity contribution in [3.05, 3.63) is 58.7 Å². The van der Waals surface area contributed by atoms with Crippen molar-refractivity contribution in [3.63, 3.8) is 0 Å². The van der Waals surface area contributed by atoms with E-state index in [0.717, 1.165) is 11.1 Å². The van der Waals surface area contributed by atoms with Crippen LogP contribution in [-0.2, 0) is 12.1 Å². The molecule has 23 heavy (non-hydrogen) atoms. The second-order valence-electron chi connectivity index (χ2n) is 6.00. The lowest BCUT2D eigenvalue weighted by molar-refractivity contribution is 0.0844. The van der Waals surface area contributed by atoms with Crippen molar-refractivity contribution in [1.82, 2.24) is 5.32 Å². The molecule has 0 aromatic heterocycles. The summed E-state index contributed by atoms with van der Waals surface area (Å²) in [6.07, 6.45) is 0. The lowest BCUT2D eigenvalue weighted by Crippen LogP contribution is -2.50. The van der Waals surface area contributed by atoms with Gasteiger partial charge in [-0.3, -0.25) is 10.1 Å². The molecule has 0 bridgehead atoms. The Kier molecular flexibility index (Phi) is 3.86. The average Bonchev–Trinajstić information content (AvgIpc) is 2.57. The summed E-state index contributed by atoms with van der Waals surface area (Å²) in [6.45, 7) is 4.51. The van der Waals surface area contributed by atoms with Crippen molar-refractivity contribution < 1.29 is 14.3 Å². The van der Waals surface area contributed by atoms with Crippen molar-refractivity contribution in [2.45, 2.75) is 25.9 Å². The molecule has 0 amide bonds. The molecule has 0 spiro atoms. The molecule has 2 aromatic carbocycles. The Bertz CT molecular complexity index is 752. The summed E-state index contributed by atoms with van der Waals surface area (Å²) in [6, 6.07) is 11.7. The van der Waals surface area contributed by atoms with Crippen LogP contribution in [0.25, 0.3) is 0 Å². The standard InChI is InChI=1S/C19H21NO3/c1-12-5-7-13(8-6-12)19(2)18(21)14-9-10-16(22-3)17(23-4)15(14)11-20-19/h5-10,20H,11H2,1-4H3. The largest absolute Gasteiger partial charge is 0.493 e. The lowest BCUT2D eigenvalue weighted by Gasteiger charge is -2.36. The van der Waals surface area contributed by atoms with Crippen LogP contribution in [0.15, 0.2) is 36.4 Å². The molecule has 1 heterocycles. The fourth-order valence-electron chi connectivity index (χ4n) is 3.11. The number of rotatable bonds is 3. The van der Waals surface area contributed by atoms with Gasteiger partial charge in [-0.05, 0) is 31.5 Å². The van der Waals surface area contributed by atoms with Gasteiger partial charge in [-0.25, -0.2) is 0 Å². The molecule has 120 valence electrons. The molecule has 1 aliphatic rings. The quantitative estimate of drug-likeness (QED) is 0.945. The first-order valence-corrected chi connectivity index (χ1v) is 7.62. The summed E-state index contributed by atoms with van der Waals surface area (Å²) >= 11 is 0. The summed E-state index contributed by atoms with van der Waals surface area (Å²) in [5.74, 6) is 1.31. The molecule has 1 N–H and O–H groups in total. The summed E-state index contributed by atoms with van der Waals surface area (Å²) in [5.41, 5.74) is 2.94. The number of carbonyl (C=O) groups is 1. The maximum atomic E-state index is 13.1. The van der Waals surface area contributed by atoms with Crippen LogP contribution in [0.2, 0.25) is 0 Å². The first kappa shape index (κ1) is 15.6. The second-order valence-corrected chi connectivity index (χ2v) is 6.00. The van der Waals surface area contributed by atoms with Gasteiger partial charge in [0.15, 0.2) is 17.3 Å². The number of hydrogen-bond donors (Lipinski definition) is 1. The number of Topliss-reactive ketones (excluding diaryl/α,β-unsaturated/α-hetero) is 1. The Morgan fingerprint density at radius 3 is 2.35 bits per heavy atom. The molecular weight excluding hydrogens is 290 g/mol. The van der Waals surface area contributed by atoms with Gasteiger partial charge in [0.2, 0.25) is 0 Å². The van der Waals surface area contributed by atoms with E-state index in [1.54, 1.807) is 20.3 Å². The minimum Gasteiger partial charge on any atom is -0.493 e. The van der Waals surface area contributed by atoms with Gasteiger partial charge in [0.1, 0.15) is 5.54 Å². The van der Waals surface area contributed by atoms with Crippen LogP contribution in [0, 0.1) is 6.92 Å². The van der Waals surface area contributed by atoms with Crippen molar-refractivity contribution in [1.29, 1.82) is 0 Å². The molecule has 0 saturated heterocycles. The molecule has 1 atom stereocenters. The van der Waals surface area contributed by atoms with Gasteiger partial charge >= 0.3 is 0 Å². The van der Waals surface area contributed by atoms with Gasteiger partial charge in [-0.15, -0.1) is 0 Å². The summed E-state index contributed by atoms with van der Waals surface area (Å²) in [4.78, 5) is 13.1. The number of ether oxygens (including phenoxy) is 2. The SMILES string of the molecule is COc1ccc2c(c1OC)CNC(C)(c1ccc(C)cc1)C2=O. The maximum absolute atomic E-state index is 13.1. The number of ketones is 1. The smallest absolute Gasteiger partial charge is 0.187 e. The van der Waals surface area contributed by atoms with E-state index < -0.39 is 5.54 Å². The van der Waals surface area contributed by atoms with Gasteiger partial charge in [-0.1, -0.05) is 29.8 Å². The highest BCUT2D eigenvalue weighted by Gasteiger charge is 2.41. The zero-order chi connectivity index (χ0) is 16.6. The predicted octanol–water partition coefficient (Wildman–Crippen LogP) is 3.21. The Labute approximate surface area is 136 Å². The molecule has 4 heteroatoms. The average molecular weight is 311 g/mol. The highest BCUT2D eigenvalue weighted by atomic mass is 16.5. The third-order valence-corrected chi connectivity index (χ3v) is 4.59. The Morgan fingerprint density at radius 1 is 1.04 bits per heavy atom. The Hall–Kier alpha value is -2.33. The molecule has 4 nitrogen and oxygen atoms in total. The summed E-state index contributed by atoms with van der Waals surface area (Å²) in [7, 11) is 3.19. The number of carbonyl (C=O) groups excluding carboxylic acids is 1. The first-order valence-electron chi connectivity index (χ1n) is 7.62. The van der Waals surface area contributed by atoms with E-state index in [9.17, 15) is 4.79 Å². The third-order valence-electron chi connectivity index (χ3n) is 4.59. The third kappa shape index (κ3) is 2.39. The number of hydrogen-bond acceptors (Lipinski definition) is 4. The number of aryl methyl sites for hydroxylation is 1. The maximum Gasteiger partial charge on any atom is 0.187 e. The minimum atomic E-state index is -0.736. The van der Waals surface area contributed by atoms with E-state index in [2.05, 4.69) is 5.32 Å². The fraction of sp³-hybridized carbons (Fsp3) is 0.316. The Balaban J connectivity index is 2.09. The summed E-state index contributed by atoms with van der Waals surface area (Å²) in [5, 5.41) is 3.38. The molecule has 1 unspecified atom stereocenters. The molecule has 1 aliphatic heterocycles. The van der Waals surface area contributed by atoms with Crippen LogP contribution in [0.5, 0.6) is 11.5 Å². The van der Waals surface area contributed by atoms with Crippen LogP contribution in [0.3, 0.4) is 0 Å². The normalized spacial score (nSPS) is 20.1. The van der Waals surface area contributed by atoms with Gasteiger partial charge in [0.25, 0.3) is 0 Å². The van der Waals surface area contributed by atoms with Crippen molar-refractivity contribution >= 4 is 5.78 Å². The predicted molar refractivity (Wildman–Crippen MR) is 89.2 cm³/mol.